The Labute approximate surface area is 318 Å². The lowest BCUT2D eigenvalue weighted by Gasteiger charge is -2.29. The molecular weight excluding hydrogens is 661 g/mol. The van der Waals surface area contributed by atoms with Crippen molar-refractivity contribution < 1.29 is 29.3 Å². The molecule has 3 aromatic carbocycles. The lowest BCUT2D eigenvalue weighted by Crippen LogP contribution is -2.38. The van der Waals surface area contributed by atoms with E-state index in [4.69, 9.17) is 9.47 Å². The first-order valence-corrected chi connectivity index (χ1v) is 19.7. The highest BCUT2D eigenvalue weighted by Crippen LogP contribution is 2.39. The number of ether oxygens (including phenoxy) is 2. The summed E-state index contributed by atoms with van der Waals surface area (Å²) in [5, 5.41) is 20.4. The number of hydrogen-bond acceptors (Lipinski definition) is 6. The van der Waals surface area contributed by atoms with Crippen molar-refractivity contribution in [3.05, 3.63) is 102 Å². The molecule has 3 aromatic rings. The summed E-state index contributed by atoms with van der Waals surface area (Å²) < 4.78 is 11.6. The summed E-state index contributed by atoms with van der Waals surface area (Å²) in [7, 11) is 0. The number of allylic oxidation sites excluding steroid dienone is 1. The van der Waals surface area contributed by atoms with E-state index in [9.17, 15) is 19.8 Å². The van der Waals surface area contributed by atoms with Crippen LogP contribution in [0.15, 0.2) is 85.0 Å². The number of carbonyl (C=O) groups excluding carboxylic acids is 2. The Morgan fingerprint density at radius 3 is 2.08 bits per heavy atom. The first-order valence-electron chi connectivity index (χ1n) is 19.7. The summed E-state index contributed by atoms with van der Waals surface area (Å²) in [6.45, 7) is 14.4. The fourth-order valence-electron chi connectivity index (χ4n) is 7.42. The Morgan fingerprint density at radius 2 is 1.45 bits per heavy atom. The number of ketones is 1. The van der Waals surface area contributed by atoms with Crippen molar-refractivity contribution in [3.8, 4) is 28.0 Å². The quantitative estimate of drug-likeness (QED) is 0.0646. The van der Waals surface area contributed by atoms with E-state index in [-0.39, 0.29) is 25.4 Å². The summed E-state index contributed by atoms with van der Waals surface area (Å²) >= 11 is 0. The van der Waals surface area contributed by atoms with E-state index in [2.05, 4.69) is 75.5 Å². The minimum Gasteiger partial charge on any atom is -0.493 e. The van der Waals surface area contributed by atoms with Crippen LogP contribution in [0.25, 0.3) is 22.3 Å². The lowest BCUT2D eigenvalue weighted by molar-refractivity contribution is -0.139. The SMILES string of the molecule is C=C(C)C(=O)CC(CO)(CO)COc1ccc(-c2ccc(-c3ccc(C4CCC(CCCCC)CC4)cc3)cc2CC)cc1CCCOC(=O)C(=C)C. The minimum absolute atomic E-state index is 0.0516. The van der Waals surface area contributed by atoms with Crippen LogP contribution in [0, 0.1) is 11.3 Å². The predicted octanol–water partition coefficient (Wildman–Crippen LogP) is 10.4. The van der Waals surface area contributed by atoms with Gasteiger partial charge in [-0.25, -0.2) is 4.79 Å². The molecule has 0 saturated heterocycles. The first kappa shape index (κ1) is 41.8. The van der Waals surface area contributed by atoms with Gasteiger partial charge in [0.15, 0.2) is 5.78 Å². The van der Waals surface area contributed by atoms with Crippen LogP contribution in [0.1, 0.15) is 115 Å². The van der Waals surface area contributed by atoms with Gasteiger partial charge in [-0.15, -0.1) is 0 Å². The van der Waals surface area contributed by atoms with E-state index >= 15 is 0 Å². The highest BCUT2D eigenvalue weighted by molar-refractivity contribution is 5.94. The molecule has 0 heterocycles. The number of aliphatic hydroxyl groups is 2. The normalized spacial score (nSPS) is 15.9. The van der Waals surface area contributed by atoms with Gasteiger partial charge in [0.25, 0.3) is 0 Å². The Morgan fingerprint density at radius 1 is 0.792 bits per heavy atom. The Hall–Kier alpha value is -4.00. The second-order valence-electron chi connectivity index (χ2n) is 15.4. The third-order valence-corrected chi connectivity index (χ3v) is 11.0. The zero-order valence-corrected chi connectivity index (χ0v) is 32.7. The molecule has 0 radical (unpaired) electrons. The molecule has 1 aliphatic carbocycles. The molecule has 0 aliphatic heterocycles. The van der Waals surface area contributed by atoms with Gasteiger partial charge >= 0.3 is 5.97 Å². The number of carbonyl (C=O) groups is 2. The van der Waals surface area contributed by atoms with Crippen molar-refractivity contribution >= 4 is 11.8 Å². The van der Waals surface area contributed by atoms with E-state index < -0.39 is 24.6 Å². The average molecular weight is 723 g/mol. The molecule has 1 fully saturated rings. The number of unbranched alkanes of at least 4 members (excludes halogenated alkanes) is 2. The van der Waals surface area contributed by atoms with E-state index in [1.54, 1.807) is 13.8 Å². The fraction of sp³-hybridized carbons (Fsp3) is 0.489. The number of esters is 1. The smallest absolute Gasteiger partial charge is 0.333 e. The van der Waals surface area contributed by atoms with Gasteiger partial charge in [0.05, 0.1) is 31.8 Å². The average Bonchev–Trinajstić information content (AvgIpc) is 3.18. The zero-order valence-electron chi connectivity index (χ0n) is 32.7. The maximum atomic E-state index is 12.5. The second kappa shape index (κ2) is 20.5. The van der Waals surface area contributed by atoms with Crippen molar-refractivity contribution in [1.29, 1.82) is 0 Å². The van der Waals surface area contributed by atoms with E-state index in [1.165, 1.54) is 73.6 Å². The zero-order chi connectivity index (χ0) is 38.4. The molecule has 0 amide bonds. The van der Waals surface area contributed by atoms with Gasteiger partial charge < -0.3 is 19.7 Å². The van der Waals surface area contributed by atoms with Crippen molar-refractivity contribution in [1.82, 2.24) is 0 Å². The number of aryl methyl sites for hydroxylation is 2. The molecular formula is C47H62O6. The standard InChI is InChI=1S/C47H62O6/c1-7-9-10-12-35-14-16-37(17-15-35)38-18-20-39(21-19-38)40-22-24-43(36(8-2)27-40)41-23-25-45(42(28-41)13-11-26-52-46(51)34(5)6)53-32-47(30-48,31-49)29-44(50)33(3)4/h18-25,27-28,35,37,48-49H,3,5,7-17,26,29-32H2,1-2,4,6H3. The molecule has 286 valence electrons. The summed E-state index contributed by atoms with van der Waals surface area (Å²) in [4.78, 5) is 24.5. The number of hydrogen-bond donors (Lipinski definition) is 2. The van der Waals surface area contributed by atoms with Crippen LogP contribution >= 0.6 is 0 Å². The molecule has 0 aromatic heterocycles. The first-order chi connectivity index (χ1) is 25.5. The molecule has 6 heteroatoms. The highest BCUT2D eigenvalue weighted by Gasteiger charge is 2.33. The molecule has 0 unspecified atom stereocenters. The summed E-state index contributed by atoms with van der Waals surface area (Å²) in [5.41, 5.74) is 7.78. The third kappa shape index (κ3) is 11.7. The van der Waals surface area contributed by atoms with Crippen LogP contribution in [-0.2, 0) is 27.2 Å². The van der Waals surface area contributed by atoms with Crippen LogP contribution in [0.3, 0.4) is 0 Å². The summed E-state index contributed by atoms with van der Waals surface area (Å²) in [6, 6.07) is 22.0. The van der Waals surface area contributed by atoms with E-state index in [1.807, 2.05) is 12.1 Å². The van der Waals surface area contributed by atoms with Gasteiger partial charge in [0.2, 0.25) is 0 Å². The second-order valence-corrected chi connectivity index (χ2v) is 15.4. The van der Waals surface area contributed by atoms with Crippen LogP contribution < -0.4 is 4.74 Å². The van der Waals surface area contributed by atoms with Crippen LogP contribution in [0.5, 0.6) is 5.75 Å². The molecule has 1 aliphatic rings. The van der Waals surface area contributed by atoms with Gasteiger partial charge in [-0.3, -0.25) is 4.79 Å². The largest absolute Gasteiger partial charge is 0.493 e. The monoisotopic (exact) mass is 722 g/mol. The van der Waals surface area contributed by atoms with Crippen LogP contribution in [-0.4, -0.2) is 48.4 Å². The summed E-state index contributed by atoms with van der Waals surface area (Å²) in [6.07, 6.45) is 12.7. The highest BCUT2D eigenvalue weighted by atomic mass is 16.5. The Balaban J connectivity index is 1.53. The number of Topliss-reactive ketones (excluding diaryl/α,β-unsaturated/α-hetero) is 1. The minimum atomic E-state index is -1.15. The lowest BCUT2D eigenvalue weighted by atomic mass is 9.77. The van der Waals surface area contributed by atoms with Gasteiger partial charge in [0, 0.05) is 12.0 Å². The molecule has 4 rings (SSSR count). The predicted molar refractivity (Wildman–Crippen MR) is 216 cm³/mol. The van der Waals surface area contributed by atoms with Crippen molar-refractivity contribution in [2.75, 3.05) is 26.4 Å². The number of aliphatic hydroxyl groups excluding tert-OH is 2. The molecule has 53 heavy (non-hydrogen) atoms. The maximum Gasteiger partial charge on any atom is 0.333 e. The van der Waals surface area contributed by atoms with Crippen LogP contribution in [0.2, 0.25) is 0 Å². The van der Waals surface area contributed by atoms with E-state index in [0.717, 1.165) is 29.0 Å². The fourth-order valence-corrected chi connectivity index (χ4v) is 7.42. The third-order valence-electron chi connectivity index (χ3n) is 11.0. The number of rotatable bonds is 21. The molecule has 0 spiro atoms. The van der Waals surface area contributed by atoms with Gasteiger partial charge in [-0.2, -0.15) is 0 Å². The summed E-state index contributed by atoms with van der Waals surface area (Å²) in [5.74, 6) is 1.52. The maximum absolute atomic E-state index is 12.5. The molecule has 2 N–H and O–H groups in total. The molecule has 0 atom stereocenters. The topological polar surface area (TPSA) is 93.1 Å². The molecule has 1 saturated carbocycles. The van der Waals surface area contributed by atoms with Gasteiger partial charge in [-0.05, 0) is 127 Å². The van der Waals surface area contributed by atoms with E-state index in [0.29, 0.717) is 35.7 Å². The van der Waals surface area contributed by atoms with Crippen molar-refractivity contribution in [2.45, 2.75) is 111 Å². The Bertz CT molecular complexity index is 1670. The van der Waals surface area contributed by atoms with Crippen molar-refractivity contribution in [3.63, 3.8) is 0 Å². The van der Waals surface area contributed by atoms with Crippen LogP contribution in [0.4, 0.5) is 0 Å². The Kier molecular flexibility index (Phi) is 16.1. The number of benzene rings is 3. The van der Waals surface area contributed by atoms with Crippen molar-refractivity contribution in [2.24, 2.45) is 11.3 Å². The molecule has 0 bridgehead atoms. The molecule has 6 nitrogen and oxygen atoms in total. The van der Waals surface area contributed by atoms with Gasteiger partial charge in [-0.1, -0.05) is 101 Å². The van der Waals surface area contributed by atoms with Gasteiger partial charge in [0.1, 0.15) is 5.75 Å².